The first-order chi connectivity index (χ1) is 70.0. The lowest BCUT2D eigenvalue weighted by Crippen LogP contribution is -2.62. The molecule has 17 amide bonds. The maximum atomic E-state index is 15.5. The number of carboxylic acids is 2. The number of H-pyrrole nitrogens is 1. The number of aliphatic hydroxyl groups is 2. The molecule has 810 valence electrons. The van der Waals surface area contributed by atoms with Crippen LogP contribution in [0.5, 0.6) is 0 Å². The summed E-state index contributed by atoms with van der Waals surface area (Å²) < 4.78 is 10.8. The van der Waals surface area contributed by atoms with Crippen LogP contribution in [-0.2, 0) is 113 Å². The fraction of sp³-hybridized carbons (Fsp3) is 0.621. The fourth-order valence-electron chi connectivity index (χ4n) is 15.9. The molecule has 2 aliphatic heterocycles. The van der Waals surface area contributed by atoms with E-state index in [4.69, 9.17) is 38.1 Å². The zero-order chi connectivity index (χ0) is 107. The minimum Gasteiger partial charge on any atom is -0.480 e. The summed E-state index contributed by atoms with van der Waals surface area (Å²) in [6.07, 6.45) is 11.7. The molecule has 0 aliphatic carbocycles. The quantitative estimate of drug-likeness (QED) is 0.0185. The van der Waals surface area contributed by atoms with Crippen molar-refractivity contribution in [2.45, 2.75) is 279 Å². The number of aryl methyl sites for hydroxylation is 1. The number of benzene rings is 2. The molecule has 0 saturated carbocycles. The Balaban J connectivity index is 1.32. The number of primary amides is 2. The predicted molar refractivity (Wildman–Crippen MR) is 528 cm³/mol. The smallest absolute Gasteiger partial charge is 0.317 e. The third-order valence-corrected chi connectivity index (χ3v) is 23.8. The molecule has 0 radical (unpaired) electrons. The molecule has 2 aliphatic rings. The number of carboxylic acid groups (broad SMARTS) is 2. The van der Waals surface area contributed by atoms with Crippen molar-refractivity contribution in [2.75, 3.05) is 98.6 Å². The second-order valence-corrected chi connectivity index (χ2v) is 35.8. The average molecular weight is 2060 g/mol. The number of carbonyl (C=O) groups excluding carboxylic acids is 17. The van der Waals surface area contributed by atoms with E-state index in [0.717, 1.165) is 61.9 Å². The summed E-state index contributed by atoms with van der Waals surface area (Å²) in [4.78, 5) is 265. The van der Waals surface area contributed by atoms with Crippen LogP contribution in [0, 0.1) is 0 Å². The van der Waals surface area contributed by atoms with Gasteiger partial charge in [0.2, 0.25) is 100 Å². The Morgan fingerprint density at radius 3 is 1.81 bits per heavy atom. The Hall–Kier alpha value is -13.8. The van der Waals surface area contributed by atoms with Gasteiger partial charge in [-0.05, 0) is 97.9 Å². The molecule has 51 heteroatoms. The first-order valence-electron chi connectivity index (χ1n) is 49.7. The summed E-state index contributed by atoms with van der Waals surface area (Å²) in [7, 11) is 0. The molecule has 3 aromatic rings. The van der Waals surface area contributed by atoms with Gasteiger partial charge in [0, 0.05) is 96.1 Å². The van der Waals surface area contributed by atoms with E-state index in [-0.39, 0.29) is 116 Å². The summed E-state index contributed by atoms with van der Waals surface area (Å²) in [6, 6.07) is -1.89. The number of aliphatic carboxylic acids is 2. The van der Waals surface area contributed by atoms with E-state index in [1.807, 2.05) is 0 Å². The summed E-state index contributed by atoms with van der Waals surface area (Å²) in [5.41, 5.74) is 30.1. The predicted octanol–water partition coefficient (Wildman–Crippen LogP) is -5.34. The van der Waals surface area contributed by atoms with E-state index in [0.29, 0.717) is 34.4 Å². The van der Waals surface area contributed by atoms with E-state index >= 15 is 24.0 Å². The van der Waals surface area contributed by atoms with Crippen LogP contribution in [0.15, 0.2) is 79.1 Å². The maximum absolute atomic E-state index is 15.5. The SMILES string of the molecule is C=C(C[C@@H]1NC(=O)[C@H](CCCNCN)NC(=O)[C@@H](Cc2ccccc2)NC(=O)[C@@H]2C[C@@H](O)CN2C(=O)[C@@H](NC(=O)[C@H](CCCC)NC(=O)[C@H](CNC(=O)CN(CC(=O)O)CC(=O)O)NC(=O)[C@H](C/C(N)=C/N)NC(=O)[C@H](CCC(N)=O)NC(=O)[C@H](CO)NC(=O)CNC(=O)COCCOCCNC(=O)CCCCCCCCCCCCCCCc2nnn[nH]2)CCC(=O)NCCCC[C@@H](C(N)=O)NC1=O)c1ccccc1. The van der Waals surface area contributed by atoms with Crippen LogP contribution in [0.1, 0.15) is 210 Å². The van der Waals surface area contributed by atoms with Crippen molar-refractivity contribution < 1.29 is 121 Å². The molecule has 2 aromatic carbocycles. The Bertz CT molecular complexity index is 4680. The molecular formula is C95H150N26O25. The third kappa shape index (κ3) is 50.2. The third-order valence-electron chi connectivity index (χ3n) is 23.8. The van der Waals surface area contributed by atoms with Crippen molar-refractivity contribution in [2.24, 2.45) is 28.7 Å². The first-order valence-corrected chi connectivity index (χ1v) is 49.7. The average Bonchev–Trinajstić information content (AvgIpc) is 1.65. The zero-order valence-corrected chi connectivity index (χ0v) is 83.0. The number of nitrogens with two attached hydrogens (primary N) is 5. The molecular weight excluding hydrogens is 1910 g/mol. The first kappa shape index (κ1) is 123. The van der Waals surface area contributed by atoms with Crippen LogP contribution < -0.4 is 108 Å². The molecule has 0 bridgehead atoms. The lowest BCUT2D eigenvalue weighted by molar-refractivity contribution is -0.143. The van der Waals surface area contributed by atoms with Gasteiger partial charge in [0.25, 0.3) is 0 Å². The Morgan fingerprint density at radius 1 is 0.596 bits per heavy atom. The molecule has 30 N–H and O–H groups in total. The highest BCUT2D eigenvalue weighted by atomic mass is 16.5. The molecule has 146 heavy (non-hydrogen) atoms. The molecule has 1 aromatic heterocycles. The highest BCUT2D eigenvalue weighted by Gasteiger charge is 2.45. The number of amides is 17. The van der Waals surface area contributed by atoms with Crippen LogP contribution in [-0.4, -0.2) is 334 Å². The number of hydrogen-bond acceptors (Lipinski definition) is 31. The zero-order valence-electron chi connectivity index (χ0n) is 83.0. The number of fused-ring (bicyclic) bond motifs is 1. The fourth-order valence-corrected chi connectivity index (χ4v) is 15.9. The summed E-state index contributed by atoms with van der Waals surface area (Å²) >= 11 is 0. The highest BCUT2D eigenvalue weighted by Crippen LogP contribution is 2.24. The molecule has 2 saturated heterocycles. The number of carbonyl (C=O) groups is 19. The number of tetrazole rings is 1. The lowest BCUT2D eigenvalue weighted by atomic mass is 9.98. The number of aliphatic hydroxyl groups excluding tert-OH is 2. The lowest BCUT2D eigenvalue weighted by Gasteiger charge is -2.31. The van der Waals surface area contributed by atoms with E-state index < -0.39 is 270 Å². The van der Waals surface area contributed by atoms with E-state index in [2.05, 4.69) is 107 Å². The normalized spacial score (nSPS) is 18.3. The number of ether oxygens (including phenoxy) is 2. The van der Waals surface area contributed by atoms with Crippen molar-refractivity contribution >= 4 is 118 Å². The number of rotatable bonds is 65. The van der Waals surface area contributed by atoms with Crippen LogP contribution in [0.2, 0.25) is 0 Å². The van der Waals surface area contributed by atoms with Crippen LogP contribution in [0.25, 0.3) is 5.57 Å². The van der Waals surface area contributed by atoms with Gasteiger partial charge >= 0.3 is 11.9 Å². The van der Waals surface area contributed by atoms with Gasteiger partial charge in [-0.2, -0.15) is 0 Å². The monoisotopic (exact) mass is 2060 g/mol. The number of aromatic nitrogens is 4. The molecule has 0 unspecified atom stereocenters. The van der Waals surface area contributed by atoms with Gasteiger partial charge in [0.05, 0.1) is 58.7 Å². The van der Waals surface area contributed by atoms with Gasteiger partial charge in [-0.3, -0.25) is 96.0 Å². The van der Waals surface area contributed by atoms with Gasteiger partial charge in [-0.25, -0.2) is 5.10 Å². The second-order valence-electron chi connectivity index (χ2n) is 35.8. The van der Waals surface area contributed by atoms with Crippen LogP contribution in [0.3, 0.4) is 0 Å². The van der Waals surface area contributed by atoms with E-state index in [9.17, 15) is 87.5 Å². The van der Waals surface area contributed by atoms with Crippen molar-refractivity contribution in [3.05, 3.63) is 96.1 Å². The van der Waals surface area contributed by atoms with Crippen molar-refractivity contribution in [3.63, 3.8) is 0 Å². The van der Waals surface area contributed by atoms with E-state index in [1.165, 1.54) is 44.9 Å². The Morgan fingerprint density at radius 2 is 1.18 bits per heavy atom. The number of unbranched alkanes of at least 4 members (excludes halogenated alkanes) is 13. The van der Waals surface area contributed by atoms with Gasteiger partial charge in [0.1, 0.15) is 78.9 Å². The van der Waals surface area contributed by atoms with Crippen molar-refractivity contribution in [3.8, 4) is 0 Å². The summed E-state index contributed by atoms with van der Waals surface area (Å²) in [6.45, 7) is -0.513. The van der Waals surface area contributed by atoms with Crippen molar-refractivity contribution in [1.82, 2.24) is 110 Å². The number of nitrogens with one attached hydrogen (secondary N) is 16. The Labute approximate surface area is 847 Å². The van der Waals surface area contributed by atoms with Gasteiger partial charge in [-0.15, -0.1) is 5.10 Å². The largest absolute Gasteiger partial charge is 0.480 e. The minimum atomic E-state index is -2.11. The second kappa shape index (κ2) is 70.1. The number of aromatic amines is 1. The van der Waals surface area contributed by atoms with Gasteiger partial charge < -0.3 is 143 Å². The molecule has 12 atom stereocenters. The number of hydrogen-bond donors (Lipinski definition) is 25. The molecule has 0 spiro atoms. The minimum absolute atomic E-state index is 0.0437. The maximum Gasteiger partial charge on any atom is 0.317 e. The summed E-state index contributed by atoms with van der Waals surface area (Å²) in [5, 5.41) is 92.9. The molecule has 5 rings (SSSR count). The highest BCUT2D eigenvalue weighted by molar-refractivity contribution is 6.01. The van der Waals surface area contributed by atoms with E-state index in [1.54, 1.807) is 67.6 Å². The molecule has 51 nitrogen and oxygen atoms in total. The van der Waals surface area contributed by atoms with Gasteiger partial charge in [-0.1, -0.05) is 158 Å². The van der Waals surface area contributed by atoms with Crippen molar-refractivity contribution in [1.29, 1.82) is 0 Å². The Kier molecular flexibility index (Phi) is 58.9. The molecule has 2 fully saturated rings. The number of nitrogens with zero attached hydrogens (tertiary/aromatic N) is 5. The standard InChI is InChI=1S/C95H150N26O25/c1-3-4-31-66(86(135)111-69-37-39-79(126)102-41-25-24-32-65(85(100)134)107-89(138)70(46-60(2)62-29-20-17-21-30-62)112-87(136)67(33-26-40-101-59-97)108-90(139)71(47-61-27-18-16-19-28-61)114-94(143)75-49-64(123)53-121(75)95(69)144)109-92(141)73(51-104-81(128)54-120(55-83(130)131)56-84(132)133)115-91(140)72(48-63(98)50-96)113-88(137)68(36-38-76(99)124)110-93(142)74(57-122)106-80(127)52-105-82(129)58-146-45-44-145-43-42-103-78(125)35-23-15-13-11-9-7-5-6-8-10-12-14-22-34-77-116-118-119-117-77/h16-21,27-30,50,64-75,101,122-123H,2-15,22-26,31-49,51-59,96-98H2,1H3,(H2,99,124)(H2,100,134)(H,102,126)(H,103,125)(H,104,128)(H,105,129)(H,106,127)(H,107,138)(H,108,139)(H,109,141)(H,110,142)(H,111,135)(H,112,136)(H,113,137)(H,114,143)(H,115,140)(H,130,131)(H,132,133)(H,116,117,118,119)/b63-50-/t64-,65+,66+,67+,68+,69+,70+,71-,72+,73+,74+,75+/m1/s1. The van der Waals surface area contributed by atoms with Crippen LogP contribution in [0.4, 0.5) is 0 Å². The summed E-state index contributed by atoms with van der Waals surface area (Å²) in [5.74, 6) is -19.2. The van der Waals surface area contributed by atoms with Gasteiger partial charge in [0.15, 0.2) is 0 Å². The topological polar surface area (TPSA) is 795 Å². The van der Waals surface area contributed by atoms with Crippen LogP contribution >= 0.6 is 0 Å². The molecule has 3 heterocycles.